The smallest absolute Gasteiger partial charge is 0.251 e. The molecule has 172 valence electrons. The summed E-state index contributed by atoms with van der Waals surface area (Å²) in [6.07, 6.45) is 3.57. The van der Waals surface area contributed by atoms with Gasteiger partial charge in [0.05, 0.1) is 10.5 Å². The Balaban J connectivity index is 1.43. The lowest BCUT2D eigenvalue weighted by Gasteiger charge is -2.30. The molecule has 1 atom stereocenters. The maximum atomic E-state index is 13.0. The van der Waals surface area contributed by atoms with Crippen molar-refractivity contribution in [2.45, 2.75) is 50.8 Å². The summed E-state index contributed by atoms with van der Waals surface area (Å²) in [6.45, 7) is 4.67. The summed E-state index contributed by atoms with van der Waals surface area (Å²) in [7, 11) is -3.57. The molecule has 4 rings (SSSR count). The molecule has 2 aromatic rings. The average molecular weight is 476 g/mol. The largest absolute Gasteiger partial charge is 0.365 e. The summed E-state index contributed by atoms with van der Waals surface area (Å²) in [5.41, 5.74) is 8.08. The number of carbonyl (C=O) groups excluding carboxylic acids is 2. The van der Waals surface area contributed by atoms with Crippen molar-refractivity contribution in [1.29, 1.82) is 0 Å². The molecule has 0 radical (unpaired) electrons. The van der Waals surface area contributed by atoms with Crippen molar-refractivity contribution in [3.63, 3.8) is 0 Å². The van der Waals surface area contributed by atoms with Gasteiger partial charge in [-0.3, -0.25) is 9.59 Å². The van der Waals surface area contributed by atoms with Gasteiger partial charge in [-0.1, -0.05) is 24.6 Å². The minimum absolute atomic E-state index is 0.175. The summed E-state index contributed by atoms with van der Waals surface area (Å²) >= 11 is 1.45. The van der Waals surface area contributed by atoms with Crippen molar-refractivity contribution in [3.05, 3.63) is 45.8 Å². The second-order valence-corrected chi connectivity index (χ2v) is 11.9. The Hall–Kier alpha value is -2.23. The number of nitrogens with zero attached hydrogens (tertiary/aromatic N) is 1. The molecular weight excluding hydrogens is 446 g/mol. The first-order valence-electron chi connectivity index (χ1n) is 11.0. The molecule has 32 heavy (non-hydrogen) atoms. The maximum absolute atomic E-state index is 13.0. The van der Waals surface area contributed by atoms with E-state index in [-0.39, 0.29) is 29.8 Å². The van der Waals surface area contributed by atoms with Crippen LogP contribution in [0.1, 0.15) is 52.5 Å². The van der Waals surface area contributed by atoms with Crippen LogP contribution in [0.25, 0.3) is 0 Å². The zero-order chi connectivity index (χ0) is 23.0. The lowest BCUT2D eigenvalue weighted by atomic mass is 9.88. The molecule has 7 nitrogen and oxygen atoms in total. The van der Waals surface area contributed by atoms with Gasteiger partial charge in [0.2, 0.25) is 15.9 Å². The predicted octanol–water partition coefficient (Wildman–Crippen LogP) is 3.32. The normalized spacial score (nSPS) is 20.0. The molecule has 0 saturated carbocycles. The van der Waals surface area contributed by atoms with Gasteiger partial charge < -0.3 is 11.1 Å². The van der Waals surface area contributed by atoms with Crippen LogP contribution in [-0.2, 0) is 27.7 Å². The van der Waals surface area contributed by atoms with Gasteiger partial charge in [-0.15, -0.1) is 11.3 Å². The van der Waals surface area contributed by atoms with Crippen LogP contribution in [-0.4, -0.2) is 37.6 Å². The minimum atomic E-state index is -3.57. The quantitative estimate of drug-likeness (QED) is 0.691. The van der Waals surface area contributed by atoms with Gasteiger partial charge in [-0.05, 0) is 62.6 Å². The number of benzene rings is 1. The molecule has 2 aliphatic rings. The van der Waals surface area contributed by atoms with Crippen LogP contribution in [0.5, 0.6) is 0 Å². The van der Waals surface area contributed by atoms with Gasteiger partial charge in [-0.25, -0.2) is 8.42 Å². The fraction of sp³-hybridized carbons (Fsp3) is 0.478. The number of primary amides is 1. The van der Waals surface area contributed by atoms with Crippen molar-refractivity contribution in [2.75, 3.05) is 18.4 Å². The van der Waals surface area contributed by atoms with Crippen LogP contribution in [0.2, 0.25) is 0 Å². The molecule has 1 aliphatic carbocycles. The third-order valence-electron chi connectivity index (χ3n) is 6.48. The zero-order valence-electron chi connectivity index (χ0n) is 18.4. The fourth-order valence-corrected chi connectivity index (χ4v) is 7.42. The molecule has 1 saturated heterocycles. The predicted molar refractivity (Wildman–Crippen MR) is 125 cm³/mol. The van der Waals surface area contributed by atoms with E-state index in [9.17, 15) is 18.0 Å². The third kappa shape index (κ3) is 4.46. The summed E-state index contributed by atoms with van der Waals surface area (Å²) in [4.78, 5) is 26.5. The van der Waals surface area contributed by atoms with Crippen molar-refractivity contribution >= 4 is 38.2 Å². The Morgan fingerprint density at radius 3 is 2.41 bits per heavy atom. The van der Waals surface area contributed by atoms with Gasteiger partial charge in [0.1, 0.15) is 5.00 Å². The number of nitrogens with two attached hydrogens (primary N) is 1. The first kappa shape index (κ1) is 22.9. The number of nitrogens with one attached hydrogen (secondary N) is 1. The molecule has 2 amide bonds. The molecule has 1 aliphatic heterocycles. The molecule has 1 aromatic heterocycles. The van der Waals surface area contributed by atoms with Crippen molar-refractivity contribution in [2.24, 2.45) is 17.6 Å². The van der Waals surface area contributed by atoms with E-state index in [1.54, 1.807) is 24.3 Å². The molecule has 3 N–H and O–H groups in total. The van der Waals surface area contributed by atoms with Crippen molar-refractivity contribution in [3.8, 4) is 0 Å². The lowest BCUT2D eigenvalue weighted by molar-refractivity contribution is -0.120. The summed E-state index contributed by atoms with van der Waals surface area (Å²) < 4.78 is 27.2. The van der Waals surface area contributed by atoms with Crippen LogP contribution in [0.4, 0.5) is 5.00 Å². The second kappa shape index (κ2) is 8.96. The number of sulfonamides is 1. The Bertz CT molecular complexity index is 1130. The number of aryl methyl sites for hydroxylation is 1. The standard InChI is InChI=1S/C23H29N3O4S2/c1-14-3-6-17(7-4-14)32(29,30)26-11-9-16(10-12-26)22(28)25-23-20(21(24)27)18-8-5-15(2)13-19(18)31-23/h3-4,6-7,15-16H,5,8-13H2,1-2H3,(H2,24,27)(H,25,28). The summed E-state index contributed by atoms with van der Waals surface area (Å²) in [6, 6.07) is 6.80. The van der Waals surface area contributed by atoms with Crippen LogP contribution < -0.4 is 11.1 Å². The molecule has 1 aromatic carbocycles. The number of hydrogen-bond acceptors (Lipinski definition) is 5. The van der Waals surface area contributed by atoms with E-state index in [4.69, 9.17) is 5.73 Å². The Labute approximate surface area is 193 Å². The fourth-order valence-electron chi connectivity index (χ4n) is 4.53. The lowest BCUT2D eigenvalue weighted by Crippen LogP contribution is -2.41. The molecule has 2 heterocycles. The maximum Gasteiger partial charge on any atom is 0.251 e. The van der Waals surface area contributed by atoms with Crippen molar-refractivity contribution < 1.29 is 18.0 Å². The van der Waals surface area contributed by atoms with Crippen LogP contribution in [0, 0.1) is 18.8 Å². The van der Waals surface area contributed by atoms with Crippen LogP contribution >= 0.6 is 11.3 Å². The van der Waals surface area contributed by atoms with Crippen LogP contribution in [0.3, 0.4) is 0 Å². The number of hydrogen-bond donors (Lipinski definition) is 2. The SMILES string of the molecule is Cc1ccc(S(=O)(=O)N2CCC(C(=O)Nc3sc4c(c3C(N)=O)CCC(C)C4)CC2)cc1. The number of anilines is 1. The zero-order valence-corrected chi connectivity index (χ0v) is 20.0. The molecule has 0 bridgehead atoms. The average Bonchev–Trinajstić information content (AvgIpc) is 3.11. The summed E-state index contributed by atoms with van der Waals surface area (Å²) in [5.74, 6) is -0.443. The highest BCUT2D eigenvalue weighted by atomic mass is 32.2. The monoisotopic (exact) mass is 475 g/mol. The number of amides is 2. The molecular formula is C23H29N3O4S2. The third-order valence-corrected chi connectivity index (χ3v) is 9.56. The first-order valence-corrected chi connectivity index (χ1v) is 13.2. The Morgan fingerprint density at radius 1 is 1.12 bits per heavy atom. The highest BCUT2D eigenvalue weighted by molar-refractivity contribution is 7.89. The van der Waals surface area contributed by atoms with Gasteiger partial charge in [0, 0.05) is 23.9 Å². The number of carbonyl (C=O) groups is 2. The minimum Gasteiger partial charge on any atom is -0.365 e. The molecule has 1 unspecified atom stereocenters. The van der Waals surface area contributed by atoms with Crippen molar-refractivity contribution in [1.82, 2.24) is 4.31 Å². The number of piperidine rings is 1. The van der Waals surface area contributed by atoms with E-state index in [1.165, 1.54) is 15.6 Å². The second-order valence-electron chi connectivity index (χ2n) is 8.90. The topological polar surface area (TPSA) is 110 Å². The highest BCUT2D eigenvalue weighted by Gasteiger charge is 2.33. The van der Waals surface area contributed by atoms with Gasteiger partial charge >= 0.3 is 0 Å². The Kier molecular flexibility index (Phi) is 6.42. The molecule has 1 fully saturated rings. The van der Waals surface area contributed by atoms with E-state index in [1.807, 2.05) is 6.92 Å². The van der Waals surface area contributed by atoms with Gasteiger partial charge in [0.15, 0.2) is 0 Å². The molecule has 9 heteroatoms. The number of fused-ring (bicyclic) bond motifs is 1. The highest BCUT2D eigenvalue weighted by Crippen LogP contribution is 2.40. The van der Waals surface area contributed by atoms with E-state index in [0.29, 0.717) is 29.3 Å². The number of rotatable bonds is 5. The number of thiophene rings is 1. The van der Waals surface area contributed by atoms with E-state index in [0.717, 1.165) is 35.3 Å². The summed E-state index contributed by atoms with van der Waals surface area (Å²) in [5, 5.41) is 3.47. The van der Waals surface area contributed by atoms with Gasteiger partial charge in [-0.2, -0.15) is 4.31 Å². The van der Waals surface area contributed by atoms with Gasteiger partial charge in [0.25, 0.3) is 5.91 Å². The van der Waals surface area contributed by atoms with E-state index in [2.05, 4.69) is 12.2 Å². The Morgan fingerprint density at radius 2 is 1.78 bits per heavy atom. The van der Waals surface area contributed by atoms with E-state index >= 15 is 0 Å². The van der Waals surface area contributed by atoms with E-state index < -0.39 is 15.9 Å². The molecule has 0 spiro atoms. The first-order chi connectivity index (χ1) is 15.2. The van der Waals surface area contributed by atoms with Crippen LogP contribution in [0.15, 0.2) is 29.2 Å².